The highest BCUT2D eigenvalue weighted by Crippen LogP contribution is 2.30. The van der Waals surface area contributed by atoms with Gasteiger partial charge in [-0.2, -0.15) is 0 Å². The summed E-state index contributed by atoms with van der Waals surface area (Å²) in [6.45, 7) is 0. The van der Waals surface area contributed by atoms with Gasteiger partial charge < -0.3 is 16.0 Å². The van der Waals surface area contributed by atoms with Crippen LogP contribution in [0.5, 0.6) is 0 Å². The number of pyridine rings is 1. The molecule has 0 aliphatic carbocycles. The number of fused-ring (bicyclic) bond motifs is 1. The molecule has 0 atom stereocenters. The average Bonchev–Trinajstić information content (AvgIpc) is 2.51. The molecule has 106 valence electrons. The van der Waals surface area contributed by atoms with E-state index < -0.39 is 0 Å². The van der Waals surface area contributed by atoms with Crippen LogP contribution in [-0.2, 0) is 0 Å². The van der Waals surface area contributed by atoms with Crippen molar-refractivity contribution < 1.29 is 0 Å². The molecule has 0 radical (unpaired) electrons. The van der Waals surface area contributed by atoms with Crippen molar-refractivity contribution in [2.75, 3.05) is 30.0 Å². The van der Waals surface area contributed by atoms with Crippen molar-refractivity contribution in [3.63, 3.8) is 0 Å². The molecule has 3 rings (SSSR count). The van der Waals surface area contributed by atoms with Gasteiger partial charge in [-0.1, -0.05) is 6.07 Å². The zero-order valence-electron chi connectivity index (χ0n) is 12.2. The Balaban J connectivity index is 2.02. The Morgan fingerprint density at radius 2 is 1.90 bits per heavy atom. The first-order valence-corrected chi connectivity index (χ1v) is 6.82. The summed E-state index contributed by atoms with van der Waals surface area (Å²) in [5, 5.41) is 5.48. The maximum absolute atomic E-state index is 6.02. The zero-order chi connectivity index (χ0) is 14.8. The predicted octanol–water partition coefficient (Wildman–Crippen LogP) is 3.63. The van der Waals surface area contributed by atoms with E-state index in [9.17, 15) is 0 Å². The van der Waals surface area contributed by atoms with Gasteiger partial charge in [0.15, 0.2) is 0 Å². The largest absolute Gasteiger partial charge is 0.398 e. The van der Waals surface area contributed by atoms with E-state index in [1.54, 1.807) is 6.20 Å². The third-order valence-electron chi connectivity index (χ3n) is 3.49. The molecule has 0 unspecified atom stereocenters. The van der Waals surface area contributed by atoms with Crippen molar-refractivity contribution >= 4 is 33.5 Å². The molecule has 1 heterocycles. The Morgan fingerprint density at radius 1 is 1.05 bits per heavy atom. The van der Waals surface area contributed by atoms with Crippen molar-refractivity contribution in [2.24, 2.45) is 0 Å². The molecule has 4 heteroatoms. The van der Waals surface area contributed by atoms with Crippen molar-refractivity contribution in [3.8, 4) is 0 Å². The van der Waals surface area contributed by atoms with Gasteiger partial charge in [0.25, 0.3) is 0 Å². The van der Waals surface area contributed by atoms with Gasteiger partial charge in [-0.3, -0.25) is 4.98 Å². The SMILES string of the molecule is CN(C)c1cccc(Nc2ccc(N)c3ccncc23)c1. The number of nitrogens with zero attached hydrogens (tertiary/aromatic N) is 2. The Kier molecular flexibility index (Phi) is 3.36. The summed E-state index contributed by atoms with van der Waals surface area (Å²) in [5.41, 5.74) is 9.98. The molecular weight excluding hydrogens is 260 g/mol. The summed E-state index contributed by atoms with van der Waals surface area (Å²) in [6, 6.07) is 14.1. The van der Waals surface area contributed by atoms with E-state index in [1.807, 2.05) is 50.6 Å². The molecule has 4 nitrogen and oxygen atoms in total. The Morgan fingerprint density at radius 3 is 2.71 bits per heavy atom. The fraction of sp³-hybridized carbons (Fsp3) is 0.118. The Hall–Kier alpha value is -2.75. The number of benzene rings is 2. The summed E-state index contributed by atoms with van der Waals surface area (Å²) in [4.78, 5) is 6.28. The topological polar surface area (TPSA) is 54.2 Å². The molecule has 0 bridgehead atoms. The molecule has 21 heavy (non-hydrogen) atoms. The summed E-state index contributed by atoms with van der Waals surface area (Å²) in [6.07, 6.45) is 3.60. The maximum Gasteiger partial charge on any atom is 0.0481 e. The molecule has 3 aromatic rings. The van der Waals surface area contributed by atoms with Crippen LogP contribution >= 0.6 is 0 Å². The highest BCUT2D eigenvalue weighted by atomic mass is 15.1. The molecule has 0 spiro atoms. The van der Waals surface area contributed by atoms with E-state index in [-0.39, 0.29) is 0 Å². The second-order valence-corrected chi connectivity index (χ2v) is 5.19. The molecule has 2 aromatic carbocycles. The monoisotopic (exact) mass is 278 g/mol. The van der Waals surface area contributed by atoms with Crippen LogP contribution in [0.2, 0.25) is 0 Å². The van der Waals surface area contributed by atoms with E-state index >= 15 is 0 Å². The molecule has 0 saturated heterocycles. The number of hydrogen-bond acceptors (Lipinski definition) is 4. The third-order valence-corrected chi connectivity index (χ3v) is 3.49. The molecule has 0 aliphatic heterocycles. The lowest BCUT2D eigenvalue weighted by atomic mass is 10.1. The number of nitrogen functional groups attached to an aromatic ring is 1. The second kappa shape index (κ2) is 5.32. The fourth-order valence-corrected chi connectivity index (χ4v) is 2.34. The minimum absolute atomic E-state index is 0.764. The lowest BCUT2D eigenvalue weighted by Crippen LogP contribution is -2.08. The van der Waals surface area contributed by atoms with Crippen LogP contribution in [0, 0.1) is 0 Å². The van der Waals surface area contributed by atoms with Crippen LogP contribution in [0.15, 0.2) is 54.9 Å². The molecule has 0 saturated carbocycles. The van der Waals surface area contributed by atoms with E-state index in [1.165, 1.54) is 0 Å². The van der Waals surface area contributed by atoms with Crippen LogP contribution in [0.4, 0.5) is 22.7 Å². The van der Waals surface area contributed by atoms with Gasteiger partial charge in [0.2, 0.25) is 0 Å². The van der Waals surface area contributed by atoms with Crippen molar-refractivity contribution in [3.05, 3.63) is 54.9 Å². The van der Waals surface area contributed by atoms with E-state index in [4.69, 9.17) is 5.73 Å². The summed E-state index contributed by atoms with van der Waals surface area (Å²) in [5.74, 6) is 0. The lowest BCUT2D eigenvalue weighted by Gasteiger charge is -2.15. The molecule has 0 fully saturated rings. The van der Waals surface area contributed by atoms with Gasteiger partial charge in [0.05, 0.1) is 0 Å². The molecule has 0 amide bonds. The molecule has 3 N–H and O–H groups in total. The summed E-state index contributed by atoms with van der Waals surface area (Å²) >= 11 is 0. The second-order valence-electron chi connectivity index (χ2n) is 5.19. The number of aromatic nitrogens is 1. The number of rotatable bonds is 3. The van der Waals surface area contributed by atoms with Crippen LogP contribution < -0.4 is 16.0 Å². The average molecular weight is 278 g/mol. The Bertz CT molecular complexity index is 781. The van der Waals surface area contributed by atoms with Crippen LogP contribution in [0.3, 0.4) is 0 Å². The highest BCUT2D eigenvalue weighted by Gasteiger charge is 2.05. The van der Waals surface area contributed by atoms with E-state index in [0.29, 0.717) is 0 Å². The maximum atomic E-state index is 6.02. The van der Waals surface area contributed by atoms with E-state index in [2.05, 4.69) is 27.3 Å². The van der Waals surface area contributed by atoms with Gasteiger partial charge in [-0.15, -0.1) is 0 Å². The zero-order valence-corrected chi connectivity index (χ0v) is 12.2. The quantitative estimate of drug-likeness (QED) is 0.718. The fourth-order valence-electron chi connectivity index (χ4n) is 2.34. The van der Waals surface area contributed by atoms with E-state index in [0.717, 1.165) is 33.5 Å². The molecular formula is C17H18N4. The minimum atomic E-state index is 0.764. The van der Waals surface area contributed by atoms with Crippen LogP contribution in [0.1, 0.15) is 0 Å². The first-order valence-electron chi connectivity index (χ1n) is 6.82. The standard InChI is InChI=1S/C17H18N4/c1-21(2)13-5-3-4-12(10-13)20-17-7-6-16(18)14-8-9-19-11-15(14)17/h3-11,20H,18H2,1-2H3. The third kappa shape index (κ3) is 2.60. The smallest absolute Gasteiger partial charge is 0.0481 e. The predicted molar refractivity (Wildman–Crippen MR) is 90.2 cm³/mol. The van der Waals surface area contributed by atoms with Crippen LogP contribution in [0.25, 0.3) is 10.8 Å². The first kappa shape index (κ1) is 13.2. The van der Waals surface area contributed by atoms with Gasteiger partial charge >= 0.3 is 0 Å². The molecule has 0 aliphatic rings. The lowest BCUT2D eigenvalue weighted by molar-refractivity contribution is 1.13. The van der Waals surface area contributed by atoms with Gasteiger partial charge in [-0.05, 0) is 36.4 Å². The Labute approximate surface area is 124 Å². The van der Waals surface area contributed by atoms with Gasteiger partial charge in [0, 0.05) is 60.0 Å². The number of hydrogen-bond donors (Lipinski definition) is 2. The minimum Gasteiger partial charge on any atom is -0.398 e. The van der Waals surface area contributed by atoms with Crippen LogP contribution in [-0.4, -0.2) is 19.1 Å². The summed E-state index contributed by atoms with van der Waals surface area (Å²) in [7, 11) is 4.06. The van der Waals surface area contributed by atoms with Gasteiger partial charge in [-0.25, -0.2) is 0 Å². The van der Waals surface area contributed by atoms with Crippen molar-refractivity contribution in [1.82, 2.24) is 4.98 Å². The van der Waals surface area contributed by atoms with Crippen molar-refractivity contribution in [1.29, 1.82) is 0 Å². The number of nitrogens with one attached hydrogen (secondary N) is 1. The number of anilines is 4. The first-order chi connectivity index (χ1) is 10.1. The normalized spacial score (nSPS) is 10.6. The molecule has 1 aromatic heterocycles. The van der Waals surface area contributed by atoms with Gasteiger partial charge in [0.1, 0.15) is 0 Å². The number of nitrogens with two attached hydrogens (primary N) is 1. The highest BCUT2D eigenvalue weighted by molar-refractivity contribution is 6.01. The van der Waals surface area contributed by atoms with Crippen molar-refractivity contribution in [2.45, 2.75) is 0 Å². The summed E-state index contributed by atoms with van der Waals surface area (Å²) < 4.78 is 0.